The molecule has 1 rings (SSSR count). The lowest BCUT2D eigenvalue weighted by atomic mass is 10.00. The molecule has 0 saturated carbocycles. The number of benzene rings is 1. The van der Waals surface area contributed by atoms with E-state index in [1.807, 2.05) is 0 Å². The van der Waals surface area contributed by atoms with Gasteiger partial charge in [-0.25, -0.2) is 0 Å². The number of aromatic hydroxyl groups is 1. The van der Waals surface area contributed by atoms with Gasteiger partial charge in [-0.05, 0) is 49.6 Å². The third-order valence-electron chi connectivity index (χ3n) is 2.42. The van der Waals surface area contributed by atoms with Crippen molar-refractivity contribution in [3.63, 3.8) is 0 Å². The van der Waals surface area contributed by atoms with Crippen molar-refractivity contribution in [2.45, 2.75) is 26.9 Å². The predicted molar refractivity (Wildman–Crippen MR) is 58.0 cm³/mol. The molecular formula is C12H16O3. The van der Waals surface area contributed by atoms with Crippen molar-refractivity contribution in [3.8, 4) is 5.75 Å². The van der Waals surface area contributed by atoms with E-state index in [2.05, 4.69) is 0 Å². The number of methoxy groups -OCH3 is 1. The first-order valence-electron chi connectivity index (χ1n) is 4.80. The molecule has 0 spiro atoms. The van der Waals surface area contributed by atoms with Crippen LogP contribution in [0, 0.1) is 13.8 Å². The fourth-order valence-corrected chi connectivity index (χ4v) is 1.68. The van der Waals surface area contributed by atoms with E-state index in [0.717, 1.165) is 16.7 Å². The van der Waals surface area contributed by atoms with Crippen LogP contribution < -0.4 is 0 Å². The molecule has 0 amide bonds. The quantitative estimate of drug-likeness (QED) is 0.829. The van der Waals surface area contributed by atoms with E-state index in [9.17, 15) is 9.90 Å². The van der Waals surface area contributed by atoms with Crippen LogP contribution in [0.25, 0.3) is 0 Å². The largest absolute Gasteiger partial charge is 0.507 e. The topological polar surface area (TPSA) is 46.5 Å². The second-order valence-electron chi connectivity index (χ2n) is 3.73. The van der Waals surface area contributed by atoms with Crippen molar-refractivity contribution in [1.82, 2.24) is 0 Å². The highest BCUT2D eigenvalue weighted by Gasteiger charge is 2.17. The molecule has 1 unspecified atom stereocenters. The van der Waals surface area contributed by atoms with Crippen LogP contribution in [0.15, 0.2) is 12.1 Å². The highest BCUT2D eigenvalue weighted by atomic mass is 16.5. The molecule has 1 aromatic carbocycles. The van der Waals surface area contributed by atoms with Crippen molar-refractivity contribution in [2.75, 3.05) is 7.11 Å². The third-order valence-corrected chi connectivity index (χ3v) is 2.42. The minimum absolute atomic E-state index is 0.0398. The Morgan fingerprint density at radius 3 is 2.13 bits per heavy atom. The average molecular weight is 208 g/mol. The molecule has 0 aliphatic rings. The highest BCUT2D eigenvalue weighted by molar-refractivity contribution is 5.82. The SMILES string of the molecule is COC(C(C)=O)c1cc(C)c(O)c(C)c1. The fraction of sp³-hybridized carbons (Fsp3) is 0.417. The van der Waals surface area contributed by atoms with E-state index in [0.29, 0.717) is 0 Å². The maximum absolute atomic E-state index is 11.3. The predicted octanol–water partition coefficient (Wildman–Crippen LogP) is 2.29. The number of hydrogen-bond donors (Lipinski definition) is 1. The van der Waals surface area contributed by atoms with Crippen LogP contribution in [0.4, 0.5) is 0 Å². The number of phenolic OH excluding ortho intramolecular Hbond substituents is 1. The molecule has 15 heavy (non-hydrogen) atoms. The molecule has 1 N–H and O–H groups in total. The Morgan fingerprint density at radius 1 is 1.33 bits per heavy atom. The van der Waals surface area contributed by atoms with Crippen molar-refractivity contribution in [3.05, 3.63) is 28.8 Å². The van der Waals surface area contributed by atoms with E-state index in [-0.39, 0.29) is 11.5 Å². The van der Waals surface area contributed by atoms with E-state index in [1.54, 1.807) is 26.0 Å². The maximum atomic E-state index is 11.3. The molecule has 0 saturated heterocycles. The molecule has 0 aromatic heterocycles. The van der Waals surface area contributed by atoms with E-state index < -0.39 is 6.10 Å². The first kappa shape index (κ1) is 11.7. The lowest BCUT2D eigenvalue weighted by molar-refractivity contribution is -0.126. The average Bonchev–Trinajstić information content (AvgIpc) is 2.14. The number of phenols is 1. The van der Waals surface area contributed by atoms with Gasteiger partial charge >= 0.3 is 0 Å². The van der Waals surface area contributed by atoms with Crippen LogP contribution in [0.1, 0.15) is 29.7 Å². The molecule has 0 aliphatic carbocycles. The molecule has 82 valence electrons. The Kier molecular flexibility index (Phi) is 3.48. The second kappa shape index (κ2) is 4.45. The number of hydrogen-bond acceptors (Lipinski definition) is 3. The van der Waals surface area contributed by atoms with Gasteiger partial charge in [-0.2, -0.15) is 0 Å². The summed E-state index contributed by atoms with van der Waals surface area (Å²) in [5.74, 6) is 0.235. The molecule has 3 nitrogen and oxygen atoms in total. The summed E-state index contributed by atoms with van der Waals surface area (Å²) in [4.78, 5) is 11.3. The molecule has 0 bridgehead atoms. The Labute approximate surface area is 89.7 Å². The molecule has 1 atom stereocenters. The van der Waals surface area contributed by atoms with Crippen LogP contribution >= 0.6 is 0 Å². The molecule has 0 aliphatic heterocycles. The lowest BCUT2D eigenvalue weighted by Gasteiger charge is -2.14. The van der Waals surface area contributed by atoms with Gasteiger partial charge in [-0.1, -0.05) is 0 Å². The summed E-state index contributed by atoms with van der Waals surface area (Å²) in [5.41, 5.74) is 2.31. The second-order valence-corrected chi connectivity index (χ2v) is 3.73. The minimum atomic E-state index is -0.539. The van der Waals surface area contributed by atoms with Crippen molar-refractivity contribution in [1.29, 1.82) is 0 Å². The first-order valence-corrected chi connectivity index (χ1v) is 4.80. The molecule has 0 radical (unpaired) electrons. The maximum Gasteiger partial charge on any atom is 0.163 e. The summed E-state index contributed by atoms with van der Waals surface area (Å²) < 4.78 is 5.12. The Bertz CT molecular complexity index is 359. The summed E-state index contributed by atoms with van der Waals surface area (Å²) in [6.07, 6.45) is -0.539. The fourth-order valence-electron chi connectivity index (χ4n) is 1.68. The van der Waals surface area contributed by atoms with Crippen LogP contribution in [0.2, 0.25) is 0 Å². The summed E-state index contributed by atoms with van der Waals surface area (Å²) in [5, 5.41) is 9.60. The zero-order valence-corrected chi connectivity index (χ0v) is 9.50. The van der Waals surface area contributed by atoms with E-state index in [1.165, 1.54) is 14.0 Å². The van der Waals surface area contributed by atoms with Crippen LogP contribution in [0.3, 0.4) is 0 Å². The van der Waals surface area contributed by atoms with Gasteiger partial charge in [0.2, 0.25) is 0 Å². The van der Waals surface area contributed by atoms with Gasteiger partial charge in [-0.15, -0.1) is 0 Å². The number of aryl methyl sites for hydroxylation is 2. The third kappa shape index (κ3) is 2.36. The van der Waals surface area contributed by atoms with Crippen molar-refractivity contribution >= 4 is 5.78 Å². The molecule has 0 fully saturated rings. The van der Waals surface area contributed by atoms with Gasteiger partial charge < -0.3 is 9.84 Å². The van der Waals surface area contributed by atoms with E-state index >= 15 is 0 Å². The smallest absolute Gasteiger partial charge is 0.163 e. The van der Waals surface area contributed by atoms with Crippen LogP contribution in [-0.4, -0.2) is 18.0 Å². The summed E-state index contributed by atoms with van der Waals surface area (Å²) >= 11 is 0. The van der Waals surface area contributed by atoms with Crippen molar-refractivity contribution in [2.24, 2.45) is 0 Å². The monoisotopic (exact) mass is 208 g/mol. The van der Waals surface area contributed by atoms with E-state index in [4.69, 9.17) is 4.74 Å². The number of carbonyl (C=O) groups is 1. The van der Waals surface area contributed by atoms with Gasteiger partial charge in [0.05, 0.1) is 0 Å². The van der Waals surface area contributed by atoms with Gasteiger partial charge in [0.1, 0.15) is 11.9 Å². The highest BCUT2D eigenvalue weighted by Crippen LogP contribution is 2.27. The lowest BCUT2D eigenvalue weighted by Crippen LogP contribution is -2.11. The molecule has 1 aromatic rings. The zero-order chi connectivity index (χ0) is 11.6. The summed E-state index contributed by atoms with van der Waals surface area (Å²) in [6.45, 7) is 5.10. The minimum Gasteiger partial charge on any atom is -0.507 e. The number of rotatable bonds is 3. The molecule has 3 heteroatoms. The molecular weight excluding hydrogens is 192 g/mol. The van der Waals surface area contributed by atoms with Crippen molar-refractivity contribution < 1.29 is 14.6 Å². The number of Topliss-reactive ketones (excluding diaryl/α,β-unsaturated/α-hetero) is 1. The normalized spacial score (nSPS) is 12.5. The molecule has 0 heterocycles. The first-order chi connectivity index (χ1) is 6.97. The van der Waals surface area contributed by atoms with Gasteiger partial charge in [0.25, 0.3) is 0 Å². The Hall–Kier alpha value is -1.35. The standard InChI is InChI=1S/C12H16O3/c1-7-5-10(6-8(2)11(7)14)12(15-4)9(3)13/h5-6,12,14H,1-4H3. The van der Waals surface area contributed by atoms with Crippen LogP contribution in [0.5, 0.6) is 5.75 Å². The number of carbonyl (C=O) groups excluding carboxylic acids is 1. The van der Waals surface area contributed by atoms with Crippen LogP contribution in [-0.2, 0) is 9.53 Å². The summed E-state index contributed by atoms with van der Waals surface area (Å²) in [7, 11) is 1.50. The van der Waals surface area contributed by atoms with Gasteiger partial charge in [-0.3, -0.25) is 4.79 Å². The van der Waals surface area contributed by atoms with Gasteiger partial charge in [0.15, 0.2) is 5.78 Å². The Morgan fingerprint density at radius 2 is 1.80 bits per heavy atom. The summed E-state index contributed by atoms with van der Waals surface area (Å²) in [6, 6.07) is 3.55. The Balaban J connectivity index is 3.20. The zero-order valence-electron chi connectivity index (χ0n) is 9.50. The number of ketones is 1. The van der Waals surface area contributed by atoms with Gasteiger partial charge in [0, 0.05) is 7.11 Å². The number of ether oxygens (including phenoxy) is 1.